The number of nitrogens with zero attached hydrogens (tertiary/aromatic N) is 3. The number of rotatable bonds is 4. The molecule has 2 fully saturated rings. The third kappa shape index (κ3) is 3.35. The standard InChI is InChI=1S/C17H20F3N5/c18-17(19,20)15-2-1-3-16(23-15)25-9-11-4-5-14(13(11)10-25)21-8-12-6-7-22-24-12/h1-3,6-7,11,13-14,21H,4-5,8-10H2,(H,22,24). The lowest BCUT2D eigenvalue weighted by Gasteiger charge is -2.22. The summed E-state index contributed by atoms with van der Waals surface area (Å²) in [7, 11) is 0. The molecule has 0 radical (unpaired) electrons. The Morgan fingerprint density at radius 3 is 2.84 bits per heavy atom. The maximum atomic E-state index is 12.9. The van der Waals surface area contributed by atoms with E-state index in [9.17, 15) is 13.2 Å². The van der Waals surface area contributed by atoms with Gasteiger partial charge in [-0.2, -0.15) is 18.3 Å². The Balaban J connectivity index is 1.42. The van der Waals surface area contributed by atoms with Gasteiger partial charge in [0.2, 0.25) is 0 Å². The SMILES string of the molecule is FC(F)(F)c1cccc(N2CC3CCC(NCc4ccn[nH]4)C3C2)n1. The Hall–Kier alpha value is -2.09. The van der Waals surface area contributed by atoms with Crippen LogP contribution in [0.15, 0.2) is 30.5 Å². The maximum absolute atomic E-state index is 12.9. The van der Waals surface area contributed by atoms with E-state index in [4.69, 9.17) is 0 Å². The predicted octanol–water partition coefficient (Wildman–Crippen LogP) is 2.83. The summed E-state index contributed by atoms with van der Waals surface area (Å²) in [5.41, 5.74) is 0.217. The number of halogens is 3. The quantitative estimate of drug-likeness (QED) is 0.889. The highest BCUT2D eigenvalue weighted by atomic mass is 19.4. The smallest absolute Gasteiger partial charge is 0.356 e. The van der Waals surface area contributed by atoms with Gasteiger partial charge in [-0.15, -0.1) is 0 Å². The largest absolute Gasteiger partial charge is 0.433 e. The summed E-state index contributed by atoms with van der Waals surface area (Å²) in [5, 5.41) is 10.4. The van der Waals surface area contributed by atoms with Crippen LogP contribution in [-0.2, 0) is 12.7 Å². The minimum Gasteiger partial charge on any atom is -0.356 e. The molecule has 3 heterocycles. The fourth-order valence-electron chi connectivity index (χ4n) is 4.09. The molecule has 1 saturated carbocycles. The van der Waals surface area contributed by atoms with E-state index in [-0.39, 0.29) is 0 Å². The number of aromatic nitrogens is 3. The van der Waals surface area contributed by atoms with Gasteiger partial charge in [-0.05, 0) is 42.9 Å². The minimum atomic E-state index is -4.40. The Morgan fingerprint density at radius 1 is 1.20 bits per heavy atom. The monoisotopic (exact) mass is 351 g/mol. The number of alkyl halides is 3. The molecule has 0 spiro atoms. The Kier molecular flexibility index (Phi) is 4.15. The molecule has 0 bridgehead atoms. The number of nitrogens with one attached hydrogen (secondary N) is 2. The van der Waals surface area contributed by atoms with E-state index >= 15 is 0 Å². The molecule has 4 rings (SSSR count). The number of H-pyrrole nitrogens is 1. The normalized spacial score (nSPS) is 26.2. The van der Waals surface area contributed by atoms with E-state index in [1.807, 2.05) is 11.0 Å². The van der Waals surface area contributed by atoms with E-state index in [0.717, 1.165) is 44.2 Å². The molecule has 2 N–H and O–H groups in total. The molecule has 2 aliphatic rings. The Bertz CT molecular complexity index is 715. The molecule has 0 aromatic carbocycles. The summed E-state index contributed by atoms with van der Waals surface area (Å²) in [6, 6.07) is 6.45. The molecule has 1 aliphatic carbocycles. The van der Waals surface area contributed by atoms with E-state index < -0.39 is 11.9 Å². The second kappa shape index (κ2) is 6.33. The van der Waals surface area contributed by atoms with Gasteiger partial charge < -0.3 is 10.2 Å². The average Bonchev–Trinajstić information content (AvgIpc) is 3.30. The van der Waals surface area contributed by atoms with Crippen molar-refractivity contribution in [3.63, 3.8) is 0 Å². The summed E-state index contributed by atoms with van der Waals surface area (Å²) in [4.78, 5) is 5.83. The van der Waals surface area contributed by atoms with Crippen LogP contribution in [0.1, 0.15) is 24.2 Å². The molecular formula is C17H20F3N5. The molecule has 8 heteroatoms. The van der Waals surface area contributed by atoms with Crippen LogP contribution >= 0.6 is 0 Å². The van der Waals surface area contributed by atoms with Crippen LogP contribution in [0.2, 0.25) is 0 Å². The fraction of sp³-hybridized carbons (Fsp3) is 0.529. The predicted molar refractivity (Wildman–Crippen MR) is 86.9 cm³/mol. The zero-order valence-corrected chi connectivity index (χ0v) is 13.6. The van der Waals surface area contributed by atoms with Gasteiger partial charge in [-0.25, -0.2) is 4.98 Å². The fourth-order valence-corrected chi connectivity index (χ4v) is 4.09. The molecule has 1 aliphatic heterocycles. The van der Waals surface area contributed by atoms with Crippen LogP contribution in [0.25, 0.3) is 0 Å². The Labute approximate surface area is 143 Å². The van der Waals surface area contributed by atoms with Gasteiger partial charge in [0.25, 0.3) is 0 Å². The van der Waals surface area contributed by atoms with Crippen molar-refractivity contribution in [3.05, 3.63) is 41.9 Å². The van der Waals surface area contributed by atoms with E-state index in [2.05, 4.69) is 20.5 Å². The van der Waals surface area contributed by atoms with Gasteiger partial charge >= 0.3 is 6.18 Å². The van der Waals surface area contributed by atoms with E-state index in [1.165, 1.54) is 6.07 Å². The van der Waals surface area contributed by atoms with Crippen molar-refractivity contribution in [1.29, 1.82) is 0 Å². The summed E-state index contributed by atoms with van der Waals surface area (Å²) < 4.78 is 38.7. The highest BCUT2D eigenvalue weighted by molar-refractivity contribution is 5.42. The third-order valence-electron chi connectivity index (χ3n) is 5.32. The van der Waals surface area contributed by atoms with Crippen molar-refractivity contribution in [2.75, 3.05) is 18.0 Å². The first-order valence-electron chi connectivity index (χ1n) is 8.51. The lowest BCUT2D eigenvalue weighted by Crippen LogP contribution is -2.35. The van der Waals surface area contributed by atoms with Crippen LogP contribution in [-0.4, -0.2) is 34.3 Å². The van der Waals surface area contributed by atoms with Crippen LogP contribution in [0, 0.1) is 11.8 Å². The van der Waals surface area contributed by atoms with Gasteiger partial charge in [-0.3, -0.25) is 5.10 Å². The van der Waals surface area contributed by atoms with Crippen LogP contribution in [0.5, 0.6) is 0 Å². The molecule has 2 aromatic rings. The average molecular weight is 351 g/mol. The summed E-state index contributed by atoms with van der Waals surface area (Å²) in [6.45, 7) is 2.26. The van der Waals surface area contributed by atoms with Crippen molar-refractivity contribution in [2.24, 2.45) is 11.8 Å². The highest BCUT2D eigenvalue weighted by Gasteiger charge is 2.43. The molecular weight excluding hydrogens is 331 g/mol. The molecule has 3 unspecified atom stereocenters. The second-order valence-electron chi connectivity index (χ2n) is 6.85. The summed E-state index contributed by atoms with van der Waals surface area (Å²) in [6.07, 6.45) is -0.473. The van der Waals surface area contributed by atoms with Gasteiger partial charge in [0, 0.05) is 37.6 Å². The van der Waals surface area contributed by atoms with Gasteiger partial charge in [0.05, 0.1) is 0 Å². The lowest BCUT2D eigenvalue weighted by molar-refractivity contribution is -0.141. The van der Waals surface area contributed by atoms with Crippen molar-refractivity contribution >= 4 is 5.82 Å². The third-order valence-corrected chi connectivity index (χ3v) is 5.32. The molecule has 5 nitrogen and oxygen atoms in total. The zero-order valence-electron chi connectivity index (χ0n) is 13.6. The first kappa shape index (κ1) is 16.4. The van der Waals surface area contributed by atoms with Crippen molar-refractivity contribution < 1.29 is 13.2 Å². The number of fused-ring (bicyclic) bond motifs is 1. The molecule has 3 atom stereocenters. The first-order valence-corrected chi connectivity index (χ1v) is 8.51. The summed E-state index contributed by atoms with van der Waals surface area (Å²) in [5.74, 6) is 1.38. The van der Waals surface area contributed by atoms with Crippen molar-refractivity contribution in [2.45, 2.75) is 31.6 Å². The molecule has 0 amide bonds. The van der Waals surface area contributed by atoms with Crippen LogP contribution in [0.4, 0.5) is 19.0 Å². The number of hydrogen-bond acceptors (Lipinski definition) is 4. The number of hydrogen-bond donors (Lipinski definition) is 2. The topological polar surface area (TPSA) is 56.8 Å². The summed E-state index contributed by atoms with van der Waals surface area (Å²) >= 11 is 0. The van der Waals surface area contributed by atoms with Crippen LogP contribution in [0.3, 0.4) is 0 Å². The minimum absolute atomic E-state index is 0.379. The molecule has 25 heavy (non-hydrogen) atoms. The maximum Gasteiger partial charge on any atom is 0.433 e. The number of aromatic amines is 1. The Morgan fingerprint density at radius 2 is 2.08 bits per heavy atom. The van der Waals surface area contributed by atoms with Gasteiger partial charge in [0.1, 0.15) is 11.5 Å². The van der Waals surface area contributed by atoms with Gasteiger partial charge in [0.15, 0.2) is 0 Å². The van der Waals surface area contributed by atoms with Crippen molar-refractivity contribution in [3.8, 4) is 0 Å². The number of anilines is 1. The van der Waals surface area contributed by atoms with Crippen LogP contribution < -0.4 is 10.2 Å². The first-order chi connectivity index (χ1) is 12.0. The van der Waals surface area contributed by atoms with Crippen molar-refractivity contribution in [1.82, 2.24) is 20.5 Å². The van der Waals surface area contributed by atoms with E-state index in [1.54, 1.807) is 12.3 Å². The van der Waals surface area contributed by atoms with Gasteiger partial charge in [-0.1, -0.05) is 6.07 Å². The highest BCUT2D eigenvalue weighted by Crippen LogP contribution is 2.40. The van der Waals surface area contributed by atoms with E-state index in [0.29, 0.717) is 23.7 Å². The molecule has 2 aromatic heterocycles. The molecule has 1 saturated heterocycles. The zero-order chi connectivity index (χ0) is 17.4. The lowest BCUT2D eigenvalue weighted by atomic mass is 9.98. The second-order valence-corrected chi connectivity index (χ2v) is 6.85. The number of pyridine rings is 1. The molecule has 134 valence electrons.